The van der Waals surface area contributed by atoms with Crippen LogP contribution in [0.15, 0.2) is 71.8 Å². The van der Waals surface area contributed by atoms with Crippen molar-refractivity contribution in [1.82, 2.24) is 9.97 Å². The molecular weight excluding hydrogens is 388 g/mol. The number of hydrogen-bond donors (Lipinski definition) is 2. The van der Waals surface area contributed by atoms with Crippen molar-refractivity contribution in [1.29, 1.82) is 0 Å². The van der Waals surface area contributed by atoms with Crippen molar-refractivity contribution in [3.63, 3.8) is 0 Å². The summed E-state index contributed by atoms with van der Waals surface area (Å²) in [6.07, 6.45) is 2.14. The number of hydrogen-bond acceptors (Lipinski definition) is 5. The van der Waals surface area contributed by atoms with E-state index in [-0.39, 0.29) is 22.7 Å². The molecule has 0 aliphatic heterocycles. The van der Waals surface area contributed by atoms with E-state index in [1.54, 1.807) is 25.1 Å². The lowest BCUT2D eigenvalue weighted by atomic mass is 9.95. The molecular formula is C21H22N4O3S. The molecule has 1 amide bonds. The molecule has 0 saturated carbocycles. The van der Waals surface area contributed by atoms with Gasteiger partial charge < -0.3 is 5.32 Å². The Hall–Kier alpha value is -3.26. The highest BCUT2D eigenvalue weighted by molar-refractivity contribution is 7.92. The Morgan fingerprint density at radius 1 is 1.03 bits per heavy atom. The van der Waals surface area contributed by atoms with Crippen molar-refractivity contribution in [2.75, 3.05) is 10.0 Å². The minimum absolute atomic E-state index is 0.0102. The molecule has 1 atom stereocenters. The molecule has 1 aromatic heterocycles. The molecule has 7 nitrogen and oxygen atoms in total. The average molecular weight is 410 g/mol. The highest BCUT2D eigenvalue weighted by atomic mass is 32.2. The first kappa shape index (κ1) is 20.5. The first-order chi connectivity index (χ1) is 13.9. The van der Waals surface area contributed by atoms with Crippen molar-refractivity contribution in [2.45, 2.75) is 31.1 Å². The van der Waals surface area contributed by atoms with E-state index in [0.717, 1.165) is 5.56 Å². The lowest BCUT2D eigenvalue weighted by Gasteiger charge is -2.15. The highest BCUT2D eigenvalue weighted by Gasteiger charge is 2.19. The molecule has 3 aromatic rings. The number of amides is 1. The quantitative estimate of drug-likeness (QED) is 0.618. The maximum atomic E-state index is 12.6. The fraction of sp³-hybridized carbons (Fsp3) is 0.190. The zero-order valence-corrected chi connectivity index (χ0v) is 17.0. The molecule has 2 aromatic carbocycles. The van der Waals surface area contributed by atoms with Gasteiger partial charge in [-0.15, -0.1) is 0 Å². The summed E-state index contributed by atoms with van der Waals surface area (Å²) >= 11 is 0. The Morgan fingerprint density at radius 3 is 2.34 bits per heavy atom. The Morgan fingerprint density at radius 2 is 1.72 bits per heavy atom. The van der Waals surface area contributed by atoms with Crippen molar-refractivity contribution >= 4 is 27.6 Å². The summed E-state index contributed by atoms with van der Waals surface area (Å²) in [6.45, 7) is 3.70. The molecule has 0 fully saturated rings. The Bertz CT molecular complexity index is 1080. The maximum Gasteiger partial charge on any atom is 0.264 e. The molecule has 0 radical (unpaired) electrons. The van der Waals surface area contributed by atoms with Crippen LogP contribution in [0, 0.1) is 6.92 Å². The summed E-state index contributed by atoms with van der Waals surface area (Å²) < 4.78 is 27.4. The Balaban J connectivity index is 1.71. The van der Waals surface area contributed by atoms with Crippen LogP contribution >= 0.6 is 0 Å². The number of aromatic nitrogens is 2. The molecule has 0 spiro atoms. The lowest BCUT2D eigenvalue weighted by molar-refractivity contribution is -0.117. The normalized spacial score (nSPS) is 12.2. The number of anilines is 2. The highest BCUT2D eigenvalue weighted by Crippen LogP contribution is 2.22. The van der Waals surface area contributed by atoms with Crippen molar-refractivity contribution in [3.05, 3.63) is 78.1 Å². The molecule has 0 aliphatic carbocycles. The second-order valence-electron chi connectivity index (χ2n) is 6.51. The van der Waals surface area contributed by atoms with Gasteiger partial charge in [0.05, 0.1) is 10.8 Å². The molecule has 2 N–H and O–H groups in total. The average Bonchev–Trinajstić information content (AvgIpc) is 2.69. The lowest BCUT2D eigenvalue weighted by Crippen LogP contribution is -2.20. The number of nitrogens with zero attached hydrogens (tertiary/aromatic N) is 2. The van der Waals surface area contributed by atoms with Gasteiger partial charge in [0.1, 0.15) is 0 Å². The van der Waals surface area contributed by atoms with Gasteiger partial charge in [-0.3, -0.25) is 4.79 Å². The van der Waals surface area contributed by atoms with Crippen molar-refractivity contribution < 1.29 is 13.2 Å². The van der Waals surface area contributed by atoms with Crippen LogP contribution < -0.4 is 10.0 Å². The van der Waals surface area contributed by atoms with Crippen LogP contribution in [0.5, 0.6) is 0 Å². The number of carbonyl (C=O) groups is 1. The standard InChI is InChI=1S/C21H22N4O3S/c1-3-19(16-7-5-4-6-8-16)20(26)24-17-9-11-18(12-10-17)29(27,28)25-21-22-14-13-15(2)23-21/h4-14,19H,3H2,1-2H3,(H,24,26)(H,22,23,25)/t19-/m1/s1. The number of carbonyl (C=O) groups excluding carboxylic acids is 1. The predicted molar refractivity (Wildman–Crippen MR) is 112 cm³/mol. The van der Waals surface area contributed by atoms with Gasteiger partial charge >= 0.3 is 0 Å². The number of aryl methyl sites for hydroxylation is 1. The van der Waals surface area contributed by atoms with Gasteiger partial charge in [0.2, 0.25) is 11.9 Å². The first-order valence-electron chi connectivity index (χ1n) is 9.17. The number of nitrogens with one attached hydrogen (secondary N) is 2. The second kappa shape index (κ2) is 8.83. The van der Waals surface area contributed by atoms with Crippen LogP contribution in [-0.4, -0.2) is 24.3 Å². The van der Waals surface area contributed by atoms with Crippen molar-refractivity contribution in [2.24, 2.45) is 0 Å². The van der Waals surface area contributed by atoms with Gasteiger partial charge in [-0.25, -0.2) is 23.1 Å². The zero-order valence-electron chi connectivity index (χ0n) is 16.2. The van der Waals surface area contributed by atoms with E-state index in [4.69, 9.17) is 0 Å². The van der Waals surface area contributed by atoms with E-state index < -0.39 is 10.0 Å². The number of rotatable bonds is 7. The maximum absolute atomic E-state index is 12.6. The molecule has 1 heterocycles. The predicted octanol–water partition coefficient (Wildman–Crippen LogP) is 3.72. The third-order valence-electron chi connectivity index (χ3n) is 4.38. The van der Waals surface area contributed by atoms with Gasteiger partial charge in [-0.05, 0) is 49.2 Å². The molecule has 8 heteroatoms. The van der Waals surface area contributed by atoms with E-state index in [0.29, 0.717) is 17.8 Å². The third kappa shape index (κ3) is 5.17. The monoisotopic (exact) mass is 410 g/mol. The molecule has 3 rings (SSSR count). The van der Waals surface area contributed by atoms with Gasteiger partial charge in [0.15, 0.2) is 0 Å². The molecule has 0 saturated heterocycles. The molecule has 0 unspecified atom stereocenters. The summed E-state index contributed by atoms with van der Waals surface area (Å²) in [4.78, 5) is 20.6. The summed E-state index contributed by atoms with van der Waals surface area (Å²) in [7, 11) is -3.83. The first-order valence-corrected chi connectivity index (χ1v) is 10.7. The summed E-state index contributed by atoms with van der Waals surface area (Å²) in [5, 5.41) is 2.85. The van der Waals surface area contributed by atoms with Gasteiger partial charge in [0.25, 0.3) is 10.0 Å². The Labute approximate surface area is 170 Å². The van der Waals surface area contributed by atoms with Crippen LogP contribution in [0.1, 0.15) is 30.5 Å². The van der Waals surface area contributed by atoms with Crippen LogP contribution in [0.25, 0.3) is 0 Å². The van der Waals surface area contributed by atoms with E-state index in [2.05, 4.69) is 20.0 Å². The summed E-state index contributed by atoms with van der Waals surface area (Å²) in [5.41, 5.74) is 2.11. The second-order valence-corrected chi connectivity index (χ2v) is 8.19. The van der Waals surface area contributed by atoms with E-state index in [1.165, 1.54) is 18.3 Å². The molecule has 29 heavy (non-hydrogen) atoms. The topological polar surface area (TPSA) is 101 Å². The zero-order chi connectivity index (χ0) is 20.9. The number of benzene rings is 2. The Kier molecular flexibility index (Phi) is 6.23. The largest absolute Gasteiger partial charge is 0.326 e. The molecule has 0 bridgehead atoms. The van der Waals surface area contributed by atoms with Crippen LogP contribution in [0.3, 0.4) is 0 Å². The van der Waals surface area contributed by atoms with Crippen molar-refractivity contribution in [3.8, 4) is 0 Å². The van der Waals surface area contributed by atoms with E-state index in [9.17, 15) is 13.2 Å². The molecule has 150 valence electrons. The smallest absolute Gasteiger partial charge is 0.264 e. The van der Waals surface area contributed by atoms with Gasteiger partial charge in [-0.1, -0.05) is 37.3 Å². The van der Waals surface area contributed by atoms with Gasteiger partial charge in [-0.2, -0.15) is 0 Å². The summed E-state index contributed by atoms with van der Waals surface area (Å²) in [6, 6.07) is 17.2. The minimum atomic E-state index is -3.83. The van der Waals surface area contributed by atoms with E-state index in [1.807, 2.05) is 37.3 Å². The third-order valence-corrected chi connectivity index (χ3v) is 5.72. The van der Waals surface area contributed by atoms with Crippen LogP contribution in [0.2, 0.25) is 0 Å². The SMILES string of the molecule is CC[C@@H](C(=O)Nc1ccc(S(=O)(=O)Nc2nccc(C)n2)cc1)c1ccccc1. The van der Waals surface area contributed by atoms with Gasteiger partial charge in [0, 0.05) is 17.6 Å². The molecule has 0 aliphatic rings. The fourth-order valence-corrected chi connectivity index (χ4v) is 3.83. The van der Waals surface area contributed by atoms with E-state index >= 15 is 0 Å². The fourth-order valence-electron chi connectivity index (χ4n) is 2.88. The van der Waals surface area contributed by atoms with Crippen LogP contribution in [-0.2, 0) is 14.8 Å². The van der Waals surface area contributed by atoms with Crippen LogP contribution in [0.4, 0.5) is 11.6 Å². The summed E-state index contributed by atoms with van der Waals surface area (Å²) in [5.74, 6) is -0.406. The number of sulfonamides is 1. The minimum Gasteiger partial charge on any atom is -0.326 e.